The van der Waals surface area contributed by atoms with Crippen LogP contribution in [0.2, 0.25) is 0 Å². The van der Waals surface area contributed by atoms with Crippen molar-refractivity contribution in [2.45, 2.75) is 49.0 Å². The van der Waals surface area contributed by atoms with Gasteiger partial charge in [0.15, 0.2) is 6.17 Å². The van der Waals surface area contributed by atoms with Crippen LogP contribution in [0.4, 0.5) is 22.0 Å². The van der Waals surface area contributed by atoms with Crippen LogP contribution in [0.1, 0.15) is 38.5 Å². The first-order chi connectivity index (χ1) is 17.0. The summed E-state index contributed by atoms with van der Waals surface area (Å²) in [5, 5.41) is 6.61. The van der Waals surface area contributed by atoms with Gasteiger partial charge in [0, 0.05) is 12.1 Å². The minimum atomic E-state index is -4.94. The van der Waals surface area contributed by atoms with E-state index in [9.17, 15) is 31.5 Å². The molecule has 3 atom stereocenters. The van der Waals surface area contributed by atoms with Gasteiger partial charge in [-0.1, -0.05) is 22.8 Å². The fourth-order valence-corrected chi connectivity index (χ4v) is 6.22. The Kier molecular flexibility index (Phi) is 7.68. The predicted octanol–water partition coefficient (Wildman–Crippen LogP) is 4.49. The zero-order valence-electron chi connectivity index (χ0n) is 18.5. The average Bonchev–Trinajstić information content (AvgIpc) is 3.54. The lowest BCUT2D eigenvalue weighted by molar-refractivity contribution is -0.252. The molecule has 3 aliphatic rings. The van der Waals surface area contributed by atoms with Crippen LogP contribution in [0.5, 0.6) is 0 Å². The van der Waals surface area contributed by atoms with Gasteiger partial charge in [0.05, 0.1) is 33.1 Å². The minimum absolute atomic E-state index is 0.00543. The highest BCUT2D eigenvalue weighted by Gasteiger charge is 2.63. The van der Waals surface area contributed by atoms with E-state index in [0.717, 1.165) is 23.5 Å². The number of halogens is 7. The number of amides is 2. The normalized spacial score (nSPS) is 25.5. The van der Waals surface area contributed by atoms with Crippen molar-refractivity contribution in [2.24, 2.45) is 5.16 Å². The number of thiophene rings is 1. The Balaban J connectivity index is 1.60. The van der Waals surface area contributed by atoms with Gasteiger partial charge < -0.3 is 15.5 Å². The summed E-state index contributed by atoms with van der Waals surface area (Å²) < 4.78 is 69.2. The predicted molar refractivity (Wildman–Crippen MR) is 125 cm³/mol. The van der Waals surface area contributed by atoms with Gasteiger partial charge in [0.1, 0.15) is 12.4 Å². The summed E-state index contributed by atoms with van der Waals surface area (Å²) in [4.78, 5) is 30.1. The van der Waals surface area contributed by atoms with E-state index >= 15 is 0 Å². The minimum Gasteiger partial charge on any atom is -0.374 e. The monoisotopic (exact) mass is 571 g/mol. The van der Waals surface area contributed by atoms with E-state index in [4.69, 9.17) is 28.0 Å². The Hall–Kier alpha value is -2.18. The van der Waals surface area contributed by atoms with Gasteiger partial charge >= 0.3 is 6.18 Å². The van der Waals surface area contributed by atoms with Crippen molar-refractivity contribution in [3.05, 3.63) is 43.6 Å². The summed E-state index contributed by atoms with van der Waals surface area (Å²) in [5.41, 5.74) is -1.98. The van der Waals surface area contributed by atoms with Crippen LogP contribution in [0.25, 0.3) is 0 Å². The molecule has 3 unspecified atom stereocenters. The summed E-state index contributed by atoms with van der Waals surface area (Å²) in [6.45, 7) is -1.30. The van der Waals surface area contributed by atoms with Gasteiger partial charge in [0.25, 0.3) is 11.5 Å². The molecule has 0 bridgehead atoms. The number of hydrogen-bond acceptors (Lipinski definition) is 5. The maximum atomic E-state index is 14.3. The Morgan fingerprint density at radius 2 is 1.97 bits per heavy atom. The third-order valence-electron chi connectivity index (χ3n) is 6.09. The van der Waals surface area contributed by atoms with E-state index in [2.05, 4.69) is 15.8 Å². The smallest absolute Gasteiger partial charge is 0.374 e. The number of allylic oxidation sites excluding steroid dienone is 2. The molecule has 14 heteroatoms. The highest BCUT2D eigenvalue weighted by molar-refractivity contribution is 7.16. The number of nitrogens with one attached hydrogen (secondary N) is 2. The molecule has 2 amide bonds. The van der Waals surface area contributed by atoms with Gasteiger partial charge in [-0.15, -0.1) is 22.9 Å². The molecule has 36 heavy (non-hydrogen) atoms. The van der Waals surface area contributed by atoms with Crippen molar-refractivity contribution in [3.63, 3.8) is 0 Å². The van der Waals surface area contributed by atoms with Gasteiger partial charge in [0.2, 0.25) is 5.91 Å². The fourth-order valence-electron chi connectivity index (χ4n) is 4.34. The maximum Gasteiger partial charge on any atom is 0.435 e. The third kappa shape index (κ3) is 4.87. The molecule has 0 fully saturated rings. The number of rotatable bonds is 7. The second-order valence-corrected chi connectivity index (χ2v) is 10.4. The molecule has 2 aliphatic carbocycles. The van der Waals surface area contributed by atoms with Gasteiger partial charge in [-0.2, -0.15) is 13.2 Å². The molecule has 4 rings (SSSR count). The summed E-state index contributed by atoms with van der Waals surface area (Å²) in [6, 6.07) is 0. The molecular formula is C22H20Cl2F5N3O3S. The number of oxime groups is 1. The van der Waals surface area contributed by atoms with Gasteiger partial charge in [-0.05, 0) is 36.5 Å². The van der Waals surface area contributed by atoms with Crippen molar-refractivity contribution < 1.29 is 36.4 Å². The number of nitrogens with zero attached hydrogens (tertiary/aromatic N) is 1. The lowest BCUT2D eigenvalue weighted by Gasteiger charge is -2.32. The third-order valence-corrected chi connectivity index (χ3v) is 8.08. The standard InChI is InChI=1S/C22H20Cl2F5N3O3S/c23-13-6-10(7-14(24)17(13)26)21(22(27,28)29)8-15(32-35-21)18-11-2-1-3-12(11)19(36-18)20(34)31-9-16(33)30-5-4-25/h6-7,13,17H,1-5,8-9H2,(H,30,33)(H,31,34). The molecule has 1 aromatic rings. The van der Waals surface area contributed by atoms with E-state index in [1.54, 1.807) is 0 Å². The van der Waals surface area contributed by atoms with Gasteiger partial charge in [-0.25, -0.2) is 8.78 Å². The largest absolute Gasteiger partial charge is 0.435 e. The maximum absolute atomic E-state index is 14.3. The highest BCUT2D eigenvalue weighted by atomic mass is 35.5. The van der Waals surface area contributed by atoms with Crippen LogP contribution in [-0.2, 0) is 22.5 Å². The SMILES string of the molecule is O=C(CNC(=O)c1sc(C2=NOC(C3=CC(Cl)C(F)C(Cl)=C3)(C(F)(F)F)C2)c2c1CCC2)NCCF. The molecular weight excluding hydrogens is 552 g/mol. The second-order valence-electron chi connectivity index (χ2n) is 8.42. The Morgan fingerprint density at radius 3 is 2.64 bits per heavy atom. The zero-order valence-corrected chi connectivity index (χ0v) is 20.8. The Morgan fingerprint density at radius 1 is 1.25 bits per heavy atom. The molecule has 0 saturated carbocycles. The Labute approximate surface area is 216 Å². The lowest BCUT2D eigenvalue weighted by Crippen LogP contribution is -2.48. The molecule has 6 nitrogen and oxygen atoms in total. The molecule has 2 heterocycles. The van der Waals surface area contributed by atoms with Crippen LogP contribution in [0, 0.1) is 0 Å². The topological polar surface area (TPSA) is 79.8 Å². The number of carbonyl (C=O) groups excluding carboxylic acids is 2. The number of carbonyl (C=O) groups is 2. The van der Waals surface area contributed by atoms with Crippen molar-refractivity contribution in [1.29, 1.82) is 0 Å². The van der Waals surface area contributed by atoms with Crippen LogP contribution >= 0.6 is 34.5 Å². The second kappa shape index (κ2) is 10.3. The first-order valence-corrected chi connectivity index (χ1v) is 12.6. The van der Waals surface area contributed by atoms with E-state index in [1.807, 2.05) is 0 Å². The molecule has 2 N–H and O–H groups in total. The lowest BCUT2D eigenvalue weighted by atomic mass is 9.84. The van der Waals surface area contributed by atoms with Crippen LogP contribution < -0.4 is 10.6 Å². The van der Waals surface area contributed by atoms with Crippen molar-refractivity contribution in [1.82, 2.24) is 10.6 Å². The Bertz CT molecular complexity index is 1170. The van der Waals surface area contributed by atoms with Crippen LogP contribution in [-0.4, -0.2) is 60.6 Å². The fraction of sp³-hybridized carbons (Fsp3) is 0.500. The molecule has 0 aromatic carbocycles. The summed E-state index contributed by atoms with van der Waals surface area (Å²) >= 11 is 12.6. The number of alkyl halides is 6. The first kappa shape index (κ1) is 26.9. The molecule has 0 spiro atoms. The van der Waals surface area contributed by atoms with Crippen molar-refractivity contribution in [2.75, 3.05) is 19.8 Å². The van der Waals surface area contributed by atoms with E-state index in [-0.39, 0.29) is 23.7 Å². The zero-order chi connectivity index (χ0) is 26.3. The number of hydrogen-bond donors (Lipinski definition) is 2. The van der Waals surface area contributed by atoms with Crippen LogP contribution in [0.15, 0.2) is 27.9 Å². The molecule has 196 valence electrons. The number of fused-ring (bicyclic) bond motifs is 1. The first-order valence-electron chi connectivity index (χ1n) is 10.9. The van der Waals surface area contributed by atoms with E-state index in [1.165, 1.54) is 0 Å². The molecule has 1 aliphatic heterocycles. The van der Waals surface area contributed by atoms with E-state index in [0.29, 0.717) is 35.3 Å². The van der Waals surface area contributed by atoms with Crippen molar-refractivity contribution >= 4 is 52.1 Å². The highest BCUT2D eigenvalue weighted by Crippen LogP contribution is 2.50. The summed E-state index contributed by atoms with van der Waals surface area (Å²) in [5.74, 6) is -1.14. The molecule has 1 aromatic heterocycles. The summed E-state index contributed by atoms with van der Waals surface area (Å²) in [6.07, 6.45) is -3.95. The van der Waals surface area contributed by atoms with Crippen molar-refractivity contribution in [3.8, 4) is 0 Å². The van der Waals surface area contributed by atoms with E-state index < -0.39 is 58.8 Å². The van der Waals surface area contributed by atoms with Crippen LogP contribution in [0.3, 0.4) is 0 Å². The van der Waals surface area contributed by atoms with Gasteiger partial charge in [-0.3, -0.25) is 9.59 Å². The molecule has 0 saturated heterocycles. The summed E-state index contributed by atoms with van der Waals surface area (Å²) in [7, 11) is 0. The quantitative estimate of drug-likeness (QED) is 0.374. The molecule has 0 radical (unpaired) electrons. The average molecular weight is 572 g/mol.